The standard InChI is InChI=1S/C26H26FN3OS.C4H7NO/c1-17-9-10-18(2)23(13-17)29-16-30-24(21-11-12-22(27)19(3)14-21)25(32)26(31)28-15-20-7-5-4-6-8-20;6-3-5-4-1-2-4/h4-14,16,32H,15H2,1-3H3,(H,28,31)(H,29,30);3-4H,1-2H2,(H,5,6)/b25-24-;. The highest BCUT2D eigenvalue weighted by Gasteiger charge is 2.19. The summed E-state index contributed by atoms with van der Waals surface area (Å²) in [5.74, 6) is -0.683. The Morgan fingerprint density at radius 3 is 2.39 bits per heavy atom. The lowest BCUT2D eigenvalue weighted by molar-refractivity contribution is -0.117. The van der Waals surface area contributed by atoms with Crippen LogP contribution in [0.1, 0.15) is 40.7 Å². The molecule has 0 unspecified atom stereocenters. The average Bonchev–Trinajstić information content (AvgIpc) is 3.74. The average molecular weight is 533 g/mol. The predicted octanol–water partition coefficient (Wildman–Crippen LogP) is 5.70. The minimum atomic E-state index is -0.363. The van der Waals surface area contributed by atoms with Crippen LogP contribution in [0.25, 0.3) is 5.70 Å². The van der Waals surface area contributed by atoms with E-state index in [1.165, 1.54) is 25.2 Å². The molecule has 1 aliphatic rings. The largest absolute Gasteiger partial charge is 0.356 e. The van der Waals surface area contributed by atoms with Crippen LogP contribution in [-0.2, 0) is 16.1 Å². The summed E-state index contributed by atoms with van der Waals surface area (Å²) in [5, 5.41) is 8.66. The van der Waals surface area contributed by atoms with Crippen LogP contribution < -0.4 is 16.0 Å². The summed E-state index contributed by atoms with van der Waals surface area (Å²) in [7, 11) is 0. The van der Waals surface area contributed by atoms with Crippen LogP contribution in [0, 0.1) is 26.6 Å². The van der Waals surface area contributed by atoms with Crippen LogP contribution in [0.15, 0.2) is 76.6 Å². The van der Waals surface area contributed by atoms with Gasteiger partial charge in [0.05, 0.1) is 16.9 Å². The van der Waals surface area contributed by atoms with Gasteiger partial charge in [-0.2, -0.15) is 0 Å². The van der Waals surface area contributed by atoms with Gasteiger partial charge in [-0.15, -0.1) is 12.6 Å². The molecule has 0 aliphatic heterocycles. The van der Waals surface area contributed by atoms with Gasteiger partial charge >= 0.3 is 0 Å². The van der Waals surface area contributed by atoms with Crippen LogP contribution in [0.5, 0.6) is 0 Å². The lowest BCUT2D eigenvalue weighted by atomic mass is 10.1. The van der Waals surface area contributed by atoms with E-state index in [1.54, 1.807) is 19.1 Å². The topological polar surface area (TPSA) is 82.6 Å². The third-order valence-electron chi connectivity index (χ3n) is 5.85. The Kier molecular flexibility index (Phi) is 10.7. The summed E-state index contributed by atoms with van der Waals surface area (Å²) in [6.07, 6.45) is 4.64. The molecule has 3 aromatic rings. The first-order valence-electron chi connectivity index (χ1n) is 12.4. The first kappa shape index (κ1) is 28.7. The molecule has 2 amide bonds. The molecular formula is C30H33FN4O2S. The van der Waals surface area contributed by atoms with Gasteiger partial charge < -0.3 is 16.0 Å². The molecular weight excluding hydrogens is 499 g/mol. The molecule has 0 radical (unpaired) electrons. The van der Waals surface area contributed by atoms with Gasteiger partial charge in [-0.1, -0.05) is 42.5 Å². The normalized spacial score (nSPS) is 13.2. The number of nitrogens with zero attached hydrogens (tertiary/aromatic N) is 1. The number of aryl methyl sites for hydroxylation is 3. The number of amides is 2. The Morgan fingerprint density at radius 2 is 1.76 bits per heavy atom. The number of carbonyl (C=O) groups is 2. The maximum Gasteiger partial charge on any atom is 0.259 e. The molecule has 4 rings (SSSR count). The van der Waals surface area contributed by atoms with E-state index < -0.39 is 0 Å². The molecule has 3 N–H and O–H groups in total. The summed E-state index contributed by atoms with van der Waals surface area (Å²) in [6.45, 7) is 6.04. The van der Waals surface area contributed by atoms with Crippen molar-refractivity contribution in [3.8, 4) is 0 Å². The number of benzene rings is 3. The van der Waals surface area contributed by atoms with Crippen LogP contribution in [0.2, 0.25) is 0 Å². The summed E-state index contributed by atoms with van der Waals surface area (Å²) in [6, 6.07) is 20.8. The Balaban J connectivity index is 0.000000585. The van der Waals surface area contributed by atoms with Crippen LogP contribution in [0.4, 0.5) is 10.1 Å². The fourth-order valence-electron chi connectivity index (χ4n) is 3.44. The summed E-state index contributed by atoms with van der Waals surface area (Å²) >= 11 is 4.47. The third-order valence-corrected chi connectivity index (χ3v) is 6.27. The quantitative estimate of drug-likeness (QED) is 0.0938. The number of carbonyl (C=O) groups excluding carboxylic acids is 2. The number of rotatable bonds is 9. The van der Waals surface area contributed by atoms with Crippen molar-refractivity contribution in [2.24, 2.45) is 4.99 Å². The molecule has 8 heteroatoms. The molecule has 1 aliphatic carbocycles. The first-order chi connectivity index (χ1) is 18.3. The fraction of sp³-hybridized carbons (Fsp3) is 0.233. The van der Waals surface area contributed by atoms with Crippen molar-refractivity contribution in [1.82, 2.24) is 10.6 Å². The summed E-state index contributed by atoms with van der Waals surface area (Å²) in [5.41, 5.74) is 5.48. The SMILES string of the molecule is Cc1ccc(C)c(NC=N/C(=C(\S)C(=O)NCc2ccccc2)c2ccc(F)c(C)c2)c1.O=CNC1CC1. The zero-order valence-electron chi connectivity index (χ0n) is 21.8. The zero-order valence-corrected chi connectivity index (χ0v) is 22.7. The minimum Gasteiger partial charge on any atom is -0.356 e. The van der Waals surface area contributed by atoms with Crippen molar-refractivity contribution in [3.05, 3.63) is 105 Å². The number of nitrogens with one attached hydrogen (secondary N) is 3. The second-order valence-corrected chi connectivity index (χ2v) is 9.56. The molecule has 0 atom stereocenters. The van der Waals surface area contributed by atoms with Gasteiger partial charge in [0.25, 0.3) is 5.91 Å². The highest BCUT2D eigenvalue weighted by molar-refractivity contribution is 7.85. The second kappa shape index (κ2) is 14.1. The molecule has 0 saturated heterocycles. The fourth-order valence-corrected chi connectivity index (χ4v) is 3.70. The van der Waals surface area contributed by atoms with E-state index in [4.69, 9.17) is 0 Å². The van der Waals surface area contributed by atoms with Crippen molar-refractivity contribution >= 4 is 42.7 Å². The van der Waals surface area contributed by atoms with Crippen LogP contribution >= 0.6 is 12.6 Å². The van der Waals surface area contributed by atoms with E-state index in [0.717, 1.165) is 28.8 Å². The Morgan fingerprint density at radius 1 is 1.03 bits per heavy atom. The molecule has 0 bridgehead atoms. The molecule has 0 aromatic heterocycles. The van der Waals surface area contributed by atoms with Crippen molar-refractivity contribution < 1.29 is 14.0 Å². The Labute approximate surface area is 228 Å². The maximum atomic E-state index is 13.8. The monoisotopic (exact) mass is 532 g/mol. The summed E-state index contributed by atoms with van der Waals surface area (Å²) < 4.78 is 13.8. The molecule has 1 saturated carbocycles. The van der Waals surface area contributed by atoms with E-state index >= 15 is 0 Å². The van der Waals surface area contributed by atoms with Gasteiger partial charge in [0, 0.05) is 23.8 Å². The van der Waals surface area contributed by atoms with Crippen molar-refractivity contribution in [1.29, 1.82) is 0 Å². The van der Waals surface area contributed by atoms with Crippen molar-refractivity contribution in [2.45, 2.75) is 46.2 Å². The van der Waals surface area contributed by atoms with Crippen LogP contribution in [-0.4, -0.2) is 24.7 Å². The number of thiol groups is 1. The van der Waals surface area contributed by atoms with E-state index in [2.05, 4.69) is 33.6 Å². The molecule has 3 aromatic carbocycles. The number of aliphatic imine (C=N–C) groups is 1. The lowest BCUT2D eigenvalue weighted by Gasteiger charge is -2.11. The van der Waals surface area contributed by atoms with E-state index in [0.29, 0.717) is 29.4 Å². The van der Waals surface area contributed by atoms with E-state index in [-0.39, 0.29) is 16.6 Å². The number of anilines is 1. The van der Waals surface area contributed by atoms with Gasteiger partial charge in [-0.05, 0) is 80.1 Å². The van der Waals surface area contributed by atoms with Gasteiger partial charge in [-0.25, -0.2) is 9.38 Å². The van der Waals surface area contributed by atoms with Gasteiger partial charge in [0.2, 0.25) is 6.41 Å². The molecule has 0 spiro atoms. The number of hydrogen-bond acceptors (Lipinski definition) is 4. The Bertz CT molecular complexity index is 1320. The molecule has 6 nitrogen and oxygen atoms in total. The minimum absolute atomic E-state index is 0.144. The van der Waals surface area contributed by atoms with Crippen molar-refractivity contribution in [2.75, 3.05) is 5.32 Å². The van der Waals surface area contributed by atoms with Crippen molar-refractivity contribution in [3.63, 3.8) is 0 Å². The predicted molar refractivity (Wildman–Crippen MR) is 156 cm³/mol. The van der Waals surface area contributed by atoms with E-state index in [9.17, 15) is 14.0 Å². The molecule has 198 valence electrons. The number of hydrogen-bond donors (Lipinski definition) is 4. The maximum absolute atomic E-state index is 13.8. The highest BCUT2D eigenvalue weighted by Crippen LogP contribution is 2.25. The van der Waals surface area contributed by atoms with Gasteiger partial charge in [0.15, 0.2) is 0 Å². The third kappa shape index (κ3) is 8.88. The van der Waals surface area contributed by atoms with Crippen LogP contribution in [0.3, 0.4) is 0 Å². The van der Waals surface area contributed by atoms with Gasteiger partial charge in [-0.3, -0.25) is 9.59 Å². The molecule has 1 fully saturated rings. The summed E-state index contributed by atoms with van der Waals surface area (Å²) in [4.78, 5) is 27.0. The Hall–Kier alpha value is -3.91. The smallest absolute Gasteiger partial charge is 0.259 e. The number of halogens is 1. The van der Waals surface area contributed by atoms with E-state index in [1.807, 2.05) is 62.4 Å². The molecule has 0 heterocycles. The lowest BCUT2D eigenvalue weighted by Crippen LogP contribution is -2.23. The van der Waals surface area contributed by atoms with Gasteiger partial charge in [0.1, 0.15) is 5.82 Å². The molecule has 38 heavy (non-hydrogen) atoms. The zero-order chi connectivity index (χ0) is 27.5. The first-order valence-corrected chi connectivity index (χ1v) is 12.8. The second-order valence-electron chi connectivity index (χ2n) is 9.11. The highest BCUT2D eigenvalue weighted by atomic mass is 32.1.